The number of carbonyl (C=O) groups excluding carboxylic acids is 2. The monoisotopic (exact) mass is 437 g/mol. The lowest BCUT2D eigenvalue weighted by Crippen LogP contribution is -2.43. The summed E-state index contributed by atoms with van der Waals surface area (Å²) in [5.41, 5.74) is 4.07. The maximum Gasteiger partial charge on any atom is 0.414 e. The lowest BCUT2D eigenvalue weighted by molar-refractivity contribution is -0.140. The van der Waals surface area contributed by atoms with Crippen molar-refractivity contribution in [1.29, 1.82) is 0 Å². The summed E-state index contributed by atoms with van der Waals surface area (Å²) in [6.45, 7) is -0.693. The van der Waals surface area contributed by atoms with Gasteiger partial charge in [-0.25, -0.2) is 9.59 Å². The first kappa shape index (κ1) is 21.1. The number of amides is 2. The van der Waals surface area contributed by atoms with Crippen LogP contribution in [0.15, 0.2) is 59.1 Å². The second-order valence-corrected chi connectivity index (χ2v) is 7.07. The number of hydrogen-bond acceptors (Lipinski definition) is 7. The summed E-state index contributed by atoms with van der Waals surface area (Å²) in [6, 6.07) is 15.5. The standard InChI is InChI=1S/C22H19N3O7/c26-10-18(21(28)29)23-20(27)17-9-19(32-25-17)24-22(30)31-11-16-14-7-3-1-5-12(14)13-6-2-4-8-15(13)16/h1-9,16,18,26H,10-11H2,(H,23,27)(H,24,30)(H,28,29)/t18-/m1/s1. The first-order valence-electron chi connectivity index (χ1n) is 9.71. The zero-order valence-electron chi connectivity index (χ0n) is 16.6. The van der Waals surface area contributed by atoms with Crippen molar-refractivity contribution in [2.75, 3.05) is 18.5 Å². The number of nitrogens with zero attached hydrogens (tertiary/aromatic N) is 1. The molecule has 1 atom stereocenters. The Hall–Kier alpha value is -4.18. The molecule has 0 radical (unpaired) electrons. The third kappa shape index (κ3) is 4.16. The minimum Gasteiger partial charge on any atom is -0.480 e. The molecule has 4 rings (SSSR count). The molecule has 0 bridgehead atoms. The lowest BCUT2D eigenvalue weighted by Gasteiger charge is -2.13. The molecule has 164 valence electrons. The van der Waals surface area contributed by atoms with E-state index in [1.54, 1.807) is 0 Å². The molecule has 0 spiro atoms. The van der Waals surface area contributed by atoms with Gasteiger partial charge in [-0.15, -0.1) is 0 Å². The molecular formula is C22H19N3O7. The van der Waals surface area contributed by atoms with Crippen LogP contribution in [0.3, 0.4) is 0 Å². The van der Waals surface area contributed by atoms with E-state index in [1.165, 1.54) is 0 Å². The van der Waals surface area contributed by atoms with Crippen LogP contribution in [0.1, 0.15) is 27.5 Å². The average molecular weight is 437 g/mol. The predicted molar refractivity (Wildman–Crippen MR) is 111 cm³/mol. The number of anilines is 1. The van der Waals surface area contributed by atoms with Gasteiger partial charge in [0.15, 0.2) is 11.7 Å². The number of aliphatic hydroxyl groups excluding tert-OH is 1. The third-order valence-corrected chi connectivity index (χ3v) is 5.10. The molecule has 2 amide bonds. The van der Waals surface area contributed by atoms with Crippen molar-refractivity contribution in [1.82, 2.24) is 10.5 Å². The van der Waals surface area contributed by atoms with Crippen LogP contribution >= 0.6 is 0 Å². The van der Waals surface area contributed by atoms with Crippen LogP contribution < -0.4 is 10.6 Å². The topological polar surface area (TPSA) is 151 Å². The second-order valence-electron chi connectivity index (χ2n) is 7.07. The molecule has 4 N–H and O–H groups in total. The number of carboxylic acid groups (broad SMARTS) is 1. The SMILES string of the molecule is O=C(Nc1cc(C(=O)N[C@H](CO)C(=O)O)no1)OCC1c2ccccc2-c2ccccc21. The summed E-state index contributed by atoms with van der Waals surface area (Å²) >= 11 is 0. The fourth-order valence-corrected chi connectivity index (χ4v) is 3.59. The highest BCUT2D eigenvalue weighted by Gasteiger charge is 2.29. The van der Waals surface area contributed by atoms with Gasteiger partial charge in [0.2, 0.25) is 5.88 Å². The molecule has 1 aliphatic carbocycles. The van der Waals surface area contributed by atoms with Gasteiger partial charge in [0.1, 0.15) is 6.61 Å². The van der Waals surface area contributed by atoms with Gasteiger partial charge in [-0.3, -0.25) is 10.1 Å². The number of aliphatic carboxylic acids is 1. The molecule has 0 saturated carbocycles. The Morgan fingerprint density at radius 2 is 1.69 bits per heavy atom. The van der Waals surface area contributed by atoms with Gasteiger partial charge in [0.05, 0.1) is 6.61 Å². The van der Waals surface area contributed by atoms with E-state index in [-0.39, 0.29) is 24.1 Å². The van der Waals surface area contributed by atoms with Crippen molar-refractivity contribution >= 4 is 23.9 Å². The Labute approximate surface area is 181 Å². The van der Waals surface area contributed by atoms with E-state index in [0.29, 0.717) is 0 Å². The summed E-state index contributed by atoms with van der Waals surface area (Å²) in [5.74, 6) is -2.55. The van der Waals surface area contributed by atoms with Gasteiger partial charge in [0, 0.05) is 12.0 Å². The maximum absolute atomic E-state index is 12.3. The van der Waals surface area contributed by atoms with Gasteiger partial charge in [0.25, 0.3) is 5.91 Å². The van der Waals surface area contributed by atoms with Crippen LogP contribution in [0, 0.1) is 0 Å². The first-order valence-corrected chi connectivity index (χ1v) is 9.71. The van der Waals surface area contributed by atoms with Crippen molar-refractivity contribution < 1.29 is 33.9 Å². The Bertz CT molecular complexity index is 1130. The van der Waals surface area contributed by atoms with Crippen LogP contribution in [-0.4, -0.2) is 52.6 Å². The highest BCUT2D eigenvalue weighted by atomic mass is 16.6. The molecule has 3 aromatic rings. The number of ether oxygens (including phenoxy) is 1. The molecule has 0 saturated heterocycles. The molecule has 1 aliphatic rings. The average Bonchev–Trinajstić information content (AvgIpc) is 3.38. The third-order valence-electron chi connectivity index (χ3n) is 5.10. The zero-order valence-corrected chi connectivity index (χ0v) is 16.6. The van der Waals surface area contributed by atoms with Crippen LogP contribution in [0.25, 0.3) is 11.1 Å². The van der Waals surface area contributed by atoms with Gasteiger partial charge < -0.3 is 24.8 Å². The molecule has 2 aromatic carbocycles. The highest BCUT2D eigenvalue weighted by Crippen LogP contribution is 2.44. The Morgan fingerprint density at radius 1 is 1.06 bits per heavy atom. The Balaban J connectivity index is 1.37. The molecule has 1 heterocycles. The van der Waals surface area contributed by atoms with E-state index < -0.39 is 30.6 Å². The number of aromatic nitrogens is 1. The number of nitrogens with one attached hydrogen (secondary N) is 2. The van der Waals surface area contributed by atoms with E-state index in [0.717, 1.165) is 28.3 Å². The van der Waals surface area contributed by atoms with E-state index >= 15 is 0 Å². The molecular weight excluding hydrogens is 418 g/mol. The second kappa shape index (κ2) is 8.90. The number of carbonyl (C=O) groups is 3. The maximum atomic E-state index is 12.3. The Kier molecular flexibility index (Phi) is 5.86. The van der Waals surface area contributed by atoms with E-state index in [2.05, 4.69) is 15.8 Å². The van der Waals surface area contributed by atoms with Gasteiger partial charge >= 0.3 is 12.1 Å². The fourth-order valence-electron chi connectivity index (χ4n) is 3.59. The number of benzene rings is 2. The molecule has 10 heteroatoms. The van der Waals surface area contributed by atoms with E-state index in [9.17, 15) is 14.4 Å². The number of rotatable bonds is 7. The number of fused-ring (bicyclic) bond motifs is 3. The van der Waals surface area contributed by atoms with Crippen molar-refractivity contribution in [2.24, 2.45) is 0 Å². The minimum absolute atomic E-state index is 0.0954. The van der Waals surface area contributed by atoms with Crippen LogP contribution in [-0.2, 0) is 9.53 Å². The summed E-state index contributed by atoms with van der Waals surface area (Å²) in [4.78, 5) is 35.1. The number of aliphatic hydroxyl groups is 1. The van der Waals surface area contributed by atoms with Crippen molar-refractivity contribution in [3.63, 3.8) is 0 Å². The van der Waals surface area contributed by atoms with Gasteiger partial charge in [-0.05, 0) is 22.3 Å². The molecule has 0 unspecified atom stereocenters. The smallest absolute Gasteiger partial charge is 0.414 e. The van der Waals surface area contributed by atoms with Gasteiger partial charge in [-0.2, -0.15) is 0 Å². The van der Waals surface area contributed by atoms with Crippen molar-refractivity contribution in [3.8, 4) is 11.1 Å². The summed E-state index contributed by atoms with van der Waals surface area (Å²) in [7, 11) is 0. The highest BCUT2D eigenvalue weighted by molar-refractivity contribution is 5.96. The van der Waals surface area contributed by atoms with Gasteiger partial charge in [-0.1, -0.05) is 53.7 Å². The normalized spacial score (nSPS) is 13.0. The summed E-state index contributed by atoms with van der Waals surface area (Å²) in [5, 5.41) is 25.7. The van der Waals surface area contributed by atoms with Crippen LogP contribution in [0.2, 0.25) is 0 Å². The molecule has 0 aliphatic heterocycles. The van der Waals surface area contributed by atoms with Crippen molar-refractivity contribution in [2.45, 2.75) is 12.0 Å². The zero-order chi connectivity index (χ0) is 22.7. The summed E-state index contributed by atoms with van der Waals surface area (Å²) in [6.07, 6.45) is -0.797. The van der Waals surface area contributed by atoms with E-state index in [4.69, 9.17) is 19.5 Å². The van der Waals surface area contributed by atoms with Crippen LogP contribution in [0.5, 0.6) is 0 Å². The minimum atomic E-state index is -1.49. The fraction of sp³-hybridized carbons (Fsp3) is 0.182. The summed E-state index contributed by atoms with van der Waals surface area (Å²) < 4.78 is 10.3. The Morgan fingerprint density at radius 3 is 2.28 bits per heavy atom. The molecule has 10 nitrogen and oxygen atoms in total. The van der Waals surface area contributed by atoms with Crippen LogP contribution in [0.4, 0.5) is 10.7 Å². The predicted octanol–water partition coefficient (Wildman–Crippen LogP) is 2.21. The largest absolute Gasteiger partial charge is 0.480 e. The van der Waals surface area contributed by atoms with Crippen molar-refractivity contribution in [3.05, 3.63) is 71.4 Å². The molecule has 0 fully saturated rings. The number of carboxylic acids is 1. The first-order chi connectivity index (χ1) is 15.5. The lowest BCUT2D eigenvalue weighted by atomic mass is 9.98. The number of hydrogen-bond donors (Lipinski definition) is 4. The quantitative estimate of drug-likeness (QED) is 0.439. The van der Waals surface area contributed by atoms with E-state index in [1.807, 2.05) is 48.5 Å². The molecule has 32 heavy (non-hydrogen) atoms. The molecule has 1 aromatic heterocycles.